The van der Waals surface area contributed by atoms with E-state index in [-0.39, 0.29) is 12.1 Å². The molecule has 18 heavy (non-hydrogen) atoms. The van der Waals surface area contributed by atoms with Gasteiger partial charge >= 0.3 is 0 Å². The molecule has 3 heteroatoms. The van der Waals surface area contributed by atoms with Gasteiger partial charge in [0.15, 0.2) is 0 Å². The van der Waals surface area contributed by atoms with Gasteiger partial charge in [-0.2, -0.15) is 11.8 Å². The fourth-order valence-corrected chi connectivity index (χ4v) is 4.48. The molecule has 2 N–H and O–H groups in total. The second-order valence-corrected chi connectivity index (χ2v) is 8.11. The average molecular weight is 271 g/mol. The maximum Gasteiger partial charge on any atom is 0.0611 e. The second kappa shape index (κ2) is 6.62. The van der Waals surface area contributed by atoms with Gasteiger partial charge in [0, 0.05) is 16.8 Å². The fraction of sp³-hybridized carbons (Fsp3) is 1.00. The summed E-state index contributed by atoms with van der Waals surface area (Å²) in [6.45, 7) is 4.76. The first kappa shape index (κ1) is 14.7. The molecule has 106 valence electrons. The molecule has 2 rings (SSSR count). The van der Waals surface area contributed by atoms with Gasteiger partial charge in [-0.25, -0.2) is 0 Å². The molecule has 0 aromatic carbocycles. The Morgan fingerprint density at radius 3 is 2.50 bits per heavy atom. The summed E-state index contributed by atoms with van der Waals surface area (Å²) in [7, 11) is 0. The molecular weight excluding hydrogens is 242 g/mol. The predicted octanol–water partition coefficient (Wildman–Crippen LogP) is 3.19. The van der Waals surface area contributed by atoms with E-state index in [2.05, 4.69) is 30.9 Å². The third-order valence-electron chi connectivity index (χ3n) is 4.31. The Kier molecular flexibility index (Phi) is 5.40. The van der Waals surface area contributed by atoms with E-state index in [1.54, 1.807) is 0 Å². The molecule has 2 aliphatic rings. The summed E-state index contributed by atoms with van der Waals surface area (Å²) in [5, 5.41) is 13.9. The number of aliphatic hydroxyl groups is 1. The van der Waals surface area contributed by atoms with Crippen LogP contribution in [0.25, 0.3) is 0 Å². The van der Waals surface area contributed by atoms with Crippen molar-refractivity contribution in [1.82, 2.24) is 5.32 Å². The quantitative estimate of drug-likeness (QED) is 0.711. The van der Waals surface area contributed by atoms with Crippen LogP contribution in [0, 0.1) is 5.92 Å². The molecule has 0 heterocycles. The van der Waals surface area contributed by atoms with E-state index in [1.807, 2.05) is 0 Å². The molecule has 0 radical (unpaired) electrons. The molecule has 0 saturated heterocycles. The third-order valence-corrected chi connectivity index (χ3v) is 5.71. The lowest BCUT2D eigenvalue weighted by Gasteiger charge is -2.32. The molecule has 0 spiro atoms. The van der Waals surface area contributed by atoms with E-state index in [4.69, 9.17) is 0 Å². The molecule has 2 aliphatic carbocycles. The van der Waals surface area contributed by atoms with Crippen LogP contribution < -0.4 is 5.32 Å². The summed E-state index contributed by atoms with van der Waals surface area (Å²) >= 11 is 2.11. The van der Waals surface area contributed by atoms with Gasteiger partial charge in [0.05, 0.1) is 6.61 Å². The Morgan fingerprint density at radius 2 is 1.94 bits per heavy atom. The minimum Gasteiger partial charge on any atom is -0.394 e. The Balaban J connectivity index is 1.68. The highest BCUT2D eigenvalue weighted by Gasteiger charge is 2.33. The second-order valence-electron chi connectivity index (χ2n) is 6.64. The molecule has 2 unspecified atom stereocenters. The Hall–Kier alpha value is 0.270. The van der Waals surface area contributed by atoms with E-state index in [9.17, 15) is 5.11 Å². The molecule has 2 saturated carbocycles. The lowest BCUT2D eigenvalue weighted by Crippen LogP contribution is -2.48. The van der Waals surface area contributed by atoms with Crippen LogP contribution in [-0.4, -0.2) is 34.3 Å². The zero-order valence-electron chi connectivity index (χ0n) is 12.0. The van der Waals surface area contributed by atoms with Gasteiger partial charge < -0.3 is 10.4 Å². The topological polar surface area (TPSA) is 32.3 Å². The van der Waals surface area contributed by atoms with Crippen LogP contribution >= 0.6 is 11.8 Å². The van der Waals surface area contributed by atoms with Crippen molar-refractivity contribution in [2.45, 2.75) is 75.6 Å². The van der Waals surface area contributed by atoms with E-state index in [0.717, 1.165) is 12.3 Å². The molecule has 0 aromatic rings. The van der Waals surface area contributed by atoms with Crippen molar-refractivity contribution in [3.05, 3.63) is 0 Å². The zero-order chi connectivity index (χ0) is 13.0. The first-order chi connectivity index (χ1) is 8.61. The van der Waals surface area contributed by atoms with Gasteiger partial charge in [-0.1, -0.05) is 19.8 Å². The number of rotatable bonds is 8. The third kappa shape index (κ3) is 4.75. The standard InChI is InChI=1S/C15H29NOS/c1-12(18-10-13-5-3-4-6-13)9-15(2,11-17)16-14-7-8-14/h12-14,16-17H,3-11H2,1-2H3. The van der Waals surface area contributed by atoms with Crippen molar-refractivity contribution in [3.63, 3.8) is 0 Å². The highest BCUT2D eigenvalue weighted by molar-refractivity contribution is 7.99. The average Bonchev–Trinajstić information content (AvgIpc) is 2.98. The van der Waals surface area contributed by atoms with E-state index < -0.39 is 0 Å². The molecule has 0 aromatic heterocycles. The van der Waals surface area contributed by atoms with Gasteiger partial charge in [-0.15, -0.1) is 0 Å². The predicted molar refractivity (Wildman–Crippen MR) is 80.1 cm³/mol. The first-order valence-corrected chi connectivity index (χ1v) is 8.66. The molecule has 2 fully saturated rings. The summed E-state index contributed by atoms with van der Waals surface area (Å²) < 4.78 is 0. The van der Waals surface area contributed by atoms with Crippen molar-refractivity contribution in [1.29, 1.82) is 0 Å². The van der Waals surface area contributed by atoms with E-state index >= 15 is 0 Å². The molecule has 0 aliphatic heterocycles. The van der Waals surface area contributed by atoms with Crippen LogP contribution in [0.3, 0.4) is 0 Å². The highest BCUT2D eigenvalue weighted by atomic mass is 32.2. The Morgan fingerprint density at radius 1 is 1.28 bits per heavy atom. The summed E-state index contributed by atoms with van der Waals surface area (Å²) in [5.74, 6) is 2.29. The molecular formula is C15H29NOS. The van der Waals surface area contributed by atoms with Gasteiger partial charge in [0.25, 0.3) is 0 Å². The van der Waals surface area contributed by atoms with Crippen LogP contribution in [0.15, 0.2) is 0 Å². The van der Waals surface area contributed by atoms with Crippen LogP contribution in [0.4, 0.5) is 0 Å². The first-order valence-electron chi connectivity index (χ1n) is 7.61. The number of aliphatic hydroxyl groups excluding tert-OH is 1. The lowest BCUT2D eigenvalue weighted by molar-refractivity contribution is 0.164. The SMILES string of the molecule is CC(CC(C)(CO)NC1CC1)SCC1CCCC1. The number of hydrogen-bond acceptors (Lipinski definition) is 3. The summed E-state index contributed by atoms with van der Waals surface area (Å²) in [6.07, 6.45) is 9.43. The number of hydrogen-bond donors (Lipinski definition) is 2. The monoisotopic (exact) mass is 271 g/mol. The largest absolute Gasteiger partial charge is 0.394 e. The fourth-order valence-electron chi connectivity index (χ4n) is 3.06. The van der Waals surface area contributed by atoms with Gasteiger partial charge in [0.1, 0.15) is 0 Å². The lowest BCUT2D eigenvalue weighted by atomic mass is 9.97. The molecule has 2 atom stereocenters. The minimum atomic E-state index is -0.0662. The summed E-state index contributed by atoms with van der Waals surface area (Å²) in [5.41, 5.74) is -0.0662. The van der Waals surface area contributed by atoms with Gasteiger partial charge in [0.2, 0.25) is 0 Å². The zero-order valence-corrected chi connectivity index (χ0v) is 12.8. The minimum absolute atomic E-state index is 0.0662. The van der Waals surface area contributed by atoms with Crippen LogP contribution in [0.5, 0.6) is 0 Å². The maximum atomic E-state index is 9.62. The maximum absolute atomic E-state index is 9.62. The van der Waals surface area contributed by atoms with Crippen molar-refractivity contribution >= 4 is 11.8 Å². The van der Waals surface area contributed by atoms with Crippen LogP contribution in [-0.2, 0) is 0 Å². The molecule has 2 nitrogen and oxygen atoms in total. The van der Waals surface area contributed by atoms with Crippen LogP contribution in [0.2, 0.25) is 0 Å². The smallest absolute Gasteiger partial charge is 0.0611 e. The van der Waals surface area contributed by atoms with Gasteiger partial charge in [-0.05, 0) is 50.7 Å². The Bertz CT molecular complexity index is 251. The number of thioether (sulfide) groups is 1. The number of nitrogens with one attached hydrogen (secondary N) is 1. The highest BCUT2D eigenvalue weighted by Crippen LogP contribution is 2.32. The summed E-state index contributed by atoms with van der Waals surface area (Å²) in [4.78, 5) is 0. The van der Waals surface area contributed by atoms with E-state index in [1.165, 1.54) is 44.3 Å². The molecule has 0 bridgehead atoms. The molecule has 0 amide bonds. The van der Waals surface area contributed by atoms with Crippen molar-refractivity contribution in [3.8, 4) is 0 Å². The van der Waals surface area contributed by atoms with Crippen molar-refractivity contribution in [2.24, 2.45) is 5.92 Å². The van der Waals surface area contributed by atoms with Crippen LogP contribution in [0.1, 0.15) is 58.8 Å². The van der Waals surface area contributed by atoms with Crippen molar-refractivity contribution < 1.29 is 5.11 Å². The van der Waals surface area contributed by atoms with Gasteiger partial charge in [-0.3, -0.25) is 0 Å². The van der Waals surface area contributed by atoms with E-state index in [0.29, 0.717) is 11.3 Å². The normalized spacial score (nSPS) is 26.2. The summed E-state index contributed by atoms with van der Waals surface area (Å²) in [6, 6.07) is 0.675. The Labute approximate surface area is 116 Å². The van der Waals surface area contributed by atoms with Crippen molar-refractivity contribution in [2.75, 3.05) is 12.4 Å².